The van der Waals surface area contributed by atoms with Crippen LogP contribution in [0.1, 0.15) is 18.2 Å². The number of ketones is 1. The van der Waals surface area contributed by atoms with Gasteiger partial charge in [0.1, 0.15) is 13.8 Å². The highest BCUT2D eigenvalue weighted by molar-refractivity contribution is 14.1. The molecule has 0 radical (unpaired) electrons. The Morgan fingerprint density at radius 1 is 1.18 bits per heavy atom. The zero-order valence-corrected chi connectivity index (χ0v) is 23.4. The van der Waals surface area contributed by atoms with Crippen molar-refractivity contribution in [2.45, 2.75) is 25.9 Å². The molecule has 1 aliphatic heterocycles. The van der Waals surface area contributed by atoms with E-state index in [1.807, 2.05) is 18.2 Å². The lowest BCUT2D eigenvalue weighted by Crippen LogP contribution is -2.52. The van der Waals surface area contributed by atoms with Crippen molar-refractivity contribution in [2.75, 3.05) is 0 Å². The minimum Gasteiger partial charge on any atom is -0.508 e. The SMILES string of the molecule is CCC[Si]1(C)C2=C(c3sc(I)c(I)c3I)C(=O)C=CC2=Nc2ccc(O)cc21. The van der Waals surface area contributed by atoms with Gasteiger partial charge in [0, 0.05) is 9.14 Å². The van der Waals surface area contributed by atoms with E-state index >= 15 is 0 Å². The fourth-order valence-electron chi connectivity index (χ4n) is 4.06. The van der Waals surface area contributed by atoms with Crippen LogP contribution in [0.3, 0.4) is 0 Å². The van der Waals surface area contributed by atoms with Crippen LogP contribution < -0.4 is 5.19 Å². The number of hydrogen-bond acceptors (Lipinski definition) is 4. The number of carbonyl (C=O) groups is 1. The molecular formula is C20H16I3NO2SSi. The quantitative estimate of drug-likeness (QED) is 0.232. The van der Waals surface area contributed by atoms with E-state index < -0.39 is 8.07 Å². The minimum absolute atomic E-state index is 0.0688. The van der Waals surface area contributed by atoms with Crippen molar-refractivity contribution < 1.29 is 9.90 Å². The fourth-order valence-corrected chi connectivity index (χ4v) is 12.8. The van der Waals surface area contributed by atoms with Gasteiger partial charge in [-0.05, 0) is 115 Å². The predicted octanol–water partition coefficient (Wildman–Crippen LogP) is 6.18. The van der Waals surface area contributed by atoms with Crippen LogP contribution in [0.5, 0.6) is 5.75 Å². The van der Waals surface area contributed by atoms with Crippen molar-refractivity contribution in [1.82, 2.24) is 0 Å². The Morgan fingerprint density at radius 2 is 1.93 bits per heavy atom. The molecule has 0 bridgehead atoms. The second-order valence-corrected chi connectivity index (χ2v) is 16.3. The van der Waals surface area contributed by atoms with Crippen molar-refractivity contribution in [3.63, 3.8) is 0 Å². The lowest BCUT2D eigenvalue weighted by Gasteiger charge is -2.38. The molecule has 1 N–H and O–H groups in total. The van der Waals surface area contributed by atoms with Crippen molar-refractivity contribution in [3.8, 4) is 5.75 Å². The number of aromatic hydroxyl groups is 1. The Hall–Kier alpha value is -0.0531. The number of halogens is 3. The average molecular weight is 743 g/mol. The summed E-state index contributed by atoms with van der Waals surface area (Å²) in [6.07, 6.45) is 4.57. The topological polar surface area (TPSA) is 49.7 Å². The number of thiophene rings is 1. The van der Waals surface area contributed by atoms with E-state index in [1.54, 1.807) is 23.5 Å². The summed E-state index contributed by atoms with van der Waals surface area (Å²) >= 11 is 8.77. The number of fused-ring (bicyclic) bond motifs is 2. The van der Waals surface area contributed by atoms with E-state index in [9.17, 15) is 9.90 Å². The van der Waals surface area contributed by atoms with Crippen LogP contribution in [0.2, 0.25) is 12.6 Å². The summed E-state index contributed by atoms with van der Waals surface area (Å²) in [7, 11) is -2.25. The summed E-state index contributed by atoms with van der Waals surface area (Å²) < 4.78 is 3.56. The number of hydrogen-bond donors (Lipinski definition) is 1. The summed E-state index contributed by atoms with van der Waals surface area (Å²) in [6, 6.07) is 6.49. The first kappa shape index (κ1) is 21.2. The monoisotopic (exact) mass is 743 g/mol. The molecule has 28 heavy (non-hydrogen) atoms. The van der Waals surface area contributed by atoms with Gasteiger partial charge in [0.05, 0.1) is 22.7 Å². The summed E-state index contributed by atoms with van der Waals surface area (Å²) in [5.74, 6) is 0.334. The molecule has 2 aliphatic rings. The maximum absolute atomic E-state index is 13.2. The number of phenolic OH excluding ortho intramolecular Hbond substituents is 1. The predicted molar refractivity (Wildman–Crippen MR) is 145 cm³/mol. The standard InChI is InChI=1S/C20H16I3NO2SSi/c1-3-8-28(2)14-9-10(25)4-5-11(14)24-12-6-7-13(26)15(19(12)28)18-16(21)17(22)20(23)27-18/h4-7,9,25H,3,8H2,1-2H3. The number of carbonyl (C=O) groups excluding carboxylic acids is 1. The van der Waals surface area contributed by atoms with Gasteiger partial charge < -0.3 is 5.11 Å². The largest absolute Gasteiger partial charge is 0.508 e. The number of rotatable bonds is 3. The summed E-state index contributed by atoms with van der Waals surface area (Å²) in [6.45, 7) is 4.51. The van der Waals surface area contributed by atoms with Crippen LogP contribution in [0.4, 0.5) is 5.69 Å². The number of phenols is 1. The number of allylic oxidation sites excluding steroid dienone is 4. The van der Waals surface area contributed by atoms with Gasteiger partial charge in [-0.15, -0.1) is 11.3 Å². The Morgan fingerprint density at radius 3 is 2.57 bits per heavy atom. The molecule has 1 unspecified atom stereocenters. The van der Waals surface area contributed by atoms with Crippen molar-refractivity contribution in [2.24, 2.45) is 4.99 Å². The molecule has 2 aromatic rings. The van der Waals surface area contributed by atoms with Gasteiger partial charge in [-0.2, -0.15) is 0 Å². The van der Waals surface area contributed by atoms with Gasteiger partial charge in [0.25, 0.3) is 0 Å². The Bertz CT molecular complexity index is 1120. The molecule has 0 spiro atoms. The number of aliphatic imine (C=N–C) groups is 1. The minimum atomic E-state index is -2.25. The van der Waals surface area contributed by atoms with E-state index in [0.29, 0.717) is 0 Å². The van der Waals surface area contributed by atoms with E-state index in [2.05, 4.69) is 81.2 Å². The van der Waals surface area contributed by atoms with E-state index in [4.69, 9.17) is 4.99 Å². The molecule has 1 aromatic heterocycles. The van der Waals surface area contributed by atoms with Gasteiger partial charge in [-0.3, -0.25) is 4.79 Å². The molecular weight excluding hydrogens is 727 g/mol. The zero-order valence-electron chi connectivity index (χ0n) is 15.1. The van der Waals surface area contributed by atoms with Crippen molar-refractivity contribution >= 4 is 115 Å². The fraction of sp³-hybridized carbons (Fsp3) is 0.200. The van der Waals surface area contributed by atoms with E-state index in [0.717, 1.165) is 48.3 Å². The van der Waals surface area contributed by atoms with E-state index in [1.165, 1.54) is 6.45 Å². The zero-order chi connectivity index (χ0) is 20.2. The van der Waals surface area contributed by atoms with Crippen LogP contribution in [-0.2, 0) is 4.79 Å². The van der Waals surface area contributed by atoms with Crippen LogP contribution in [0.25, 0.3) is 5.57 Å². The third-order valence-corrected chi connectivity index (χ3v) is 17.1. The molecule has 1 aliphatic carbocycles. The van der Waals surface area contributed by atoms with Gasteiger partial charge >= 0.3 is 0 Å². The van der Waals surface area contributed by atoms with Crippen LogP contribution in [-0.4, -0.2) is 24.7 Å². The van der Waals surface area contributed by atoms with Crippen LogP contribution >= 0.6 is 79.1 Å². The first-order valence-corrected chi connectivity index (χ1v) is 15.6. The molecule has 8 heteroatoms. The molecule has 0 saturated heterocycles. The average Bonchev–Trinajstić information content (AvgIpc) is 2.91. The lowest BCUT2D eigenvalue weighted by molar-refractivity contribution is -0.109. The van der Waals surface area contributed by atoms with Gasteiger partial charge in [0.2, 0.25) is 0 Å². The Labute approximate surface area is 209 Å². The van der Waals surface area contributed by atoms with E-state index in [-0.39, 0.29) is 11.5 Å². The molecule has 2 heterocycles. The van der Waals surface area contributed by atoms with Gasteiger partial charge in [-0.25, -0.2) is 4.99 Å². The molecule has 0 saturated carbocycles. The lowest BCUT2D eigenvalue weighted by atomic mass is 10.0. The Balaban J connectivity index is 2.10. The molecule has 0 fully saturated rings. The highest BCUT2D eigenvalue weighted by Crippen LogP contribution is 2.44. The number of benzene rings is 1. The first-order chi connectivity index (χ1) is 13.3. The third-order valence-electron chi connectivity index (χ3n) is 5.25. The maximum Gasteiger partial charge on any atom is 0.187 e. The van der Waals surface area contributed by atoms with Crippen LogP contribution in [0.15, 0.2) is 40.5 Å². The third kappa shape index (κ3) is 3.30. The smallest absolute Gasteiger partial charge is 0.187 e. The van der Waals surface area contributed by atoms with Crippen molar-refractivity contribution in [1.29, 1.82) is 0 Å². The molecule has 0 amide bonds. The van der Waals surface area contributed by atoms with Crippen LogP contribution in [0, 0.1) is 10.0 Å². The Kier molecular flexibility index (Phi) is 5.97. The molecule has 1 atom stereocenters. The second-order valence-electron chi connectivity index (χ2n) is 7.06. The molecule has 144 valence electrons. The molecule has 4 rings (SSSR count). The van der Waals surface area contributed by atoms with Gasteiger partial charge in [0.15, 0.2) is 5.78 Å². The highest BCUT2D eigenvalue weighted by atomic mass is 127. The summed E-state index contributed by atoms with van der Waals surface area (Å²) in [5, 5.41) is 12.4. The summed E-state index contributed by atoms with van der Waals surface area (Å²) in [4.78, 5) is 19.1. The highest BCUT2D eigenvalue weighted by Gasteiger charge is 2.44. The summed E-state index contributed by atoms with van der Waals surface area (Å²) in [5.41, 5.74) is 2.68. The van der Waals surface area contributed by atoms with Crippen molar-refractivity contribution in [3.05, 3.63) is 50.4 Å². The van der Waals surface area contributed by atoms with Gasteiger partial charge in [-0.1, -0.05) is 19.9 Å². The molecule has 3 nitrogen and oxygen atoms in total. The molecule has 1 aromatic carbocycles. The first-order valence-electron chi connectivity index (χ1n) is 8.81. The second kappa shape index (κ2) is 7.89. The maximum atomic E-state index is 13.2. The number of nitrogens with zero attached hydrogens (tertiary/aromatic N) is 1. The normalized spacial score (nSPS) is 20.9.